The van der Waals surface area contributed by atoms with Gasteiger partial charge in [-0.2, -0.15) is 0 Å². The Morgan fingerprint density at radius 2 is 1.02 bits per heavy atom. The highest BCUT2D eigenvalue weighted by Gasteiger charge is 2.25. The van der Waals surface area contributed by atoms with Crippen LogP contribution >= 0.6 is 11.3 Å². The number of thiazole rings is 1. The molecule has 0 saturated heterocycles. The van der Waals surface area contributed by atoms with Gasteiger partial charge in [0.15, 0.2) is 0 Å². The lowest BCUT2D eigenvalue weighted by atomic mass is 9.94. The van der Waals surface area contributed by atoms with Crippen molar-refractivity contribution in [3.63, 3.8) is 0 Å². The summed E-state index contributed by atoms with van der Waals surface area (Å²) in [6.07, 6.45) is 0. The summed E-state index contributed by atoms with van der Waals surface area (Å²) >= 11 is 1.73. The molecule has 4 heteroatoms. The number of rotatable bonds is 7. The molecule has 10 rings (SSSR count). The smallest absolute Gasteiger partial charge is 0.139 e. The number of furan rings is 1. The summed E-state index contributed by atoms with van der Waals surface area (Å²) in [6, 6.07) is 68.6. The largest absolute Gasteiger partial charge is 0.456 e. The minimum Gasteiger partial charge on any atom is -0.456 e. The lowest BCUT2D eigenvalue weighted by molar-refractivity contribution is 0.669. The number of benzene rings is 8. The van der Waals surface area contributed by atoms with Gasteiger partial charge in [0.2, 0.25) is 0 Å². The van der Waals surface area contributed by atoms with Gasteiger partial charge in [0, 0.05) is 28.4 Å². The minimum absolute atomic E-state index is 0.816. The molecule has 0 radical (unpaired) electrons. The standard InChI is InChI=1S/C49H32N2OS/c1-4-15-33(16-5-1)37-21-14-22-39(31-37)51(38-29-27-35(28-30-38)41-24-11-10-23-40(41)34-17-6-2-7-18-34)47-46-42-25-12-13-26-44(42)52-45(46)32-43-48(47)53-49(50-43)36-19-8-3-9-20-36/h1-32H. The number of anilines is 3. The van der Waals surface area contributed by atoms with E-state index in [0.29, 0.717) is 0 Å². The SMILES string of the molecule is c1ccc(-c2cccc(N(c3ccc(-c4ccccc4-c4ccccc4)cc3)c3c4sc(-c5ccccc5)nc4cc4oc5ccccc5c34)c2)cc1. The third-order valence-corrected chi connectivity index (χ3v) is 11.0. The maximum atomic E-state index is 6.60. The summed E-state index contributed by atoms with van der Waals surface area (Å²) in [4.78, 5) is 7.62. The van der Waals surface area contributed by atoms with Gasteiger partial charge in [-0.05, 0) is 63.7 Å². The highest BCUT2D eigenvalue weighted by Crippen LogP contribution is 2.50. The Labute approximate surface area is 311 Å². The van der Waals surface area contributed by atoms with Crippen LogP contribution in [0.15, 0.2) is 199 Å². The molecule has 0 aliphatic heterocycles. The van der Waals surface area contributed by atoms with Crippen LogP contribution in [0.2, 0.25) is 0 Å². The van der Waals surface area contributed by atoms with Gasteiger partial charge in [0.1, 0.15) is 16.2 Å². The molecule has 2 heterocycles. The lowest BCUT2D eigenvalue weighted by Gasteiger charge is -2.27. The molecule has 0 spiro atoms. The topological polar surface area (TPSA) is 29.3 Å². The summed E-state index contributed by atoms with van der Waals surface area (Å²) in [5.41, 5.74) is 13.9. The fourth-order valence-electron chi connectivity index (χ4n) is 7.42. The Balaban J connectivity index is 1.23. The fourth-order valence-corrected chi connectivity index (χ4v) is 8.51. The van der Waals surface area contributed by atoms with Crippen LogP contribution < -0.4 is 4.90 Å². The number of para-hydroxylation sites is 1. The third kappa shape index (κ3) is 5.57. The van der Waals surface area contributed by atoms with Crippen molar-refractivity contribution in [2.45, 2.75) is 0 Å². The molecule has 0 atom stereocenters. The highest BCUT2D eigenvalue weighted by molar-refractivity contribution is 7.22. The predicted molar refractivity (Wildman–Crippen MR) is 223 cm³/mol. The van der Waals surface area contributed by atoms with Gasteiger partial charge in [0.25, 0.3) is 0 Å². The quantitative estimate of drug-likeness (QED) is 0.166. The molecular weight excluding hydrogens is 665 g/mol. The molecule has 10 aromatic rings. The van der Waals surface area contributed by atoms with Crippen LogP contribution in [0.4, 0.5) is 17.1 Å². The minimum atomic E-state index is 0.816. The van der Waals surface area contributed by atoms with E-state index in [-0.39, 0.29) is 0 Å². The van der Waals surface area contributed by atoms with Gasteiger partial charge in [-0.3, -0.25) is 0 Å². The zero-order valence-electron chi connectivity index (χ0n) is 28.7. The first-order valence-electron chi connectivity index (χ1n) is 17.8. The van der Waals surface area contributed by atoms with E-state index in [0.717, 1.165) is 70.9 Å². The number of nitrogens with zero attached hydrogens (tertiary/aromatic N) is 2. The van der Waals surface area contributed by atoms with Crippen molar-refractivity contribution in [2.24, 2.45) is 0 Å². The molecular formula is C49H32N2OS. The maximum Gasteiger partial charge on any atom is 0.139 e. The first-order chi connectivity index (χ1) is 26.3. The van der Waals surface area contributed by atoms with E-state index in [2.05, 4.69) is 187 Å². The second kappa shape index (κ2) is 13.1. The lowest BCUT2D eigenvalue weighted by Crippen LogP contribution is -2.11. The molecule has 2 aromatic heterocycles. The molecule has 0 N–H and O–H groups in total. The van der Waals surface area contributed by atoms with E-state index in [1.807, 2.05) is 12.1 Å². The van der Waals surface area contributed by atoms with Gasteiger partial charge in [0.05, 0.1) is 21.3 Å². The zero-order chi connectivity index (χ0) is 35.1. The average Bonchev–Trinajstić information content (AvgIpc) is 3.84. The predicted octanol–water partition coefficient (Wildman–Crippen LogP) is 14.3. The third-order valence-electron chi connectivity index (χ3n) is 9.90. The average molecular weight is 697 g/mol. The normalized spacial score (nSPS) is 11.4. The number of hydrogen-bond donors (Lipinski definition) is 0. The molecule has 8 aromatic carbocycles. The highest BCUT2D eigenvalue weighted by atomic mass is 32.1. The van der Waals surface area contributed by atoms with Crippen molar-refractivity contribution in [1.29, 1.82) is 0 Å². The molecule has 3 nitrogen and oxygen atoms in total. The first kappa shape index (κ1) is 31.0. The molecule has 250 valence electrons. The fraction of sp³-hybridized carbons (Fsp3) is 0. The molecule has 0 aliphatic rings. The van der Waals surface area contributed by atoms with Gasteiger partial charge < -0.3 is 9.32 Å². The molecule has 0 unspecified atom stereocenters. The molecule has 0 fully saturated rings. The van der Waals surface area contributed by atoms with Crippen LogP contribution in [-0.4, -0.2) is 4.98 Å². The summed E-state index contributed by atoms with van der Waals surface area (Å²) in [7, 11) is 0. The van der Waals surface area contributed by atoms with E-state index in [1.54, 1.807) is 11.3 Å². The van der Waals surface area contributed by atoms with Crippen molar-refractivity contribution in [1.82, 2.24) is 4.98 Å². The van der Waals surface area contributed by atoms with E-state index in [1.165, 1.54) is 22.3 Å². The zero-order valence-corrected chi connectivity index (χ0v) is 29.5. The van der Waals surface area contributed by atoms with Crippen LogP contribution in [0.1, 0.15) is 0 Å². The first-order valence-corrected chi connectivity index (χ1v) is 18.6. The van der Waals surface area contributed by atoms with E-state index in [9.17, 15) is 0 Å². The van der Waals surface area contributed by atoms with Crippen molar-refractivity contribution in [2.75, 3.05) is 4.90 Å². The van der Waals surface area contributed by atoms with Crippen LogP contribution in [0.25, 0.3) is 76.1 Å². The van der Waals surface area contributed by atoms with E-state index in [4.69, 9.17) is 9.40 Å². The second-order valence-corrected chi connectivity index (χ2v) is 14.1. The Kier molecular flexibility index (Phi) is 7.67. The van der Waals surface area contributed by atoms with Gasteiger partial charge in [-0.15, -0.1) is 11.3 Å². The maximum absolute atomic E-state index is 6.60. The number of fused-ring (bicyclic) bond motifs is 4. The molecule has 53 heavy (non-hydrogen) atoms. The van der Waals surface area contributed by atoms with Gasteiger partial charge in [-0.25, -0.2) is 4.98 Å². The van der Waals surface area contributed by atoms with Crippen LogP contribution in [0, 0.1) is 0 Å². The Hall–Kier alpha value is -6.75. The summed E-state index contributed by atoms with van der Waals surface area (Å²) in [6.45, 7) is 0. The van der Waals surface area contributed by atoms with Crippen LogP contribution in [-0.2, 0) is 0 Å². The summed E-state index contributed by atoms with van der Waals surface area (Å²) < 4.78 is 7.70. The monoisotopic (exact) mass is 696 g/mol. The van der Waals surface area contributed by atoms with Crippen molar-refractivity contribution in [3.8, 4) is 44.0 Å². The Morgan fingerprint density at radius 3 is 1.74 bits per heavy atom. The second-order valence-electron chi connectivity index (χ2n) is 13.1. The van der Waals surface area contributed by atoms with Crippen molar-refractivity contribution in [3.05, 3.63) is 194 Å². The number of hydrogen-bond acceptors (Lipinski definition) is 4. The Bertz CT molecular complexity index is 2880. The van der Waals surface area contributed by atoms with Crippen LogP contribution in [0.5, 0.6) is 0 Å². The van der Waals surface area contributed by atoms with Crippen LogP contribution in [0.3, 0.4) is 0 Å². The van der Waals surface area contributed by atoms with E-state index < -0.39 is 0 Å². The molecule has 0 amide bonds. The van der Waals surface area contributed by atoms with Gasteiger partial charge >= 0.3 is 0 Å². The van der Waals surface area contributed by atoms with Crippen molar-refractivity contribution < 1.29 is 4.42 Å². The number of aromatic nitrogens is 1. The van der Waals surface area contributed by atoms with E-state index >= 15 is 0 Å². The molecule has 0 aliphatic carbocycles. The molecule has 0 bridgehead atoms. The summed E-state index contributed by atoms with van der Waals surface area (Å²) in [5.74, 6) is 0. The summed E-state index contributed by atoms with van der Waals surface area (Å²) in [5, 5.41) is 3.12. The molecule has 0 saturated carbocycles. The van der Waals surface area contributed by atoms with Crippen molar-refractivity contribution >= 4 is 60.6 Å². The Morgan fingerprint density at radius 1 is 0.434 bits per heavy atom. The van der Waals surface area contributed by atoms with Gasteiger partial charge in [-0.1, -0.05) is 158 Å².